The van der Waals surface area contributed by atoms with Crippen molar-refractivity contribution in [1.82, 2.24) is 37.2 Å². The smallest absolute Gasteiger partial charge is 0.326 e. The van der Waals surface area contributed by atoms with Gasteiger partial charge in [-0.05, 0) is 121 Å². The summed E-state index contributed by atoms with van der Waals surface area (Å²) in [5.74, 6) is -11.1. The van der Waals surface area contributed by atoms with Gasteiger partial charge >= 0.3 is 11.9 Å². The molecular weight excluding hydrogens is 1090 g/mol. The molecule has 458 valence electrons. The molecule has 19 heteroatoms. The van der Waals surface area contributed by atoms with E-state index in [1.807, 2.05) is 78.9 Å². The summed E-state index contributed by atoms with van der Waals surface area (Å²) in [5, 5.41) is 45.6. The van der Waals surface area contributed by atoms with Gasteiger partial charge < -0.3 is 46.9 Å². The van der Waals surface area contributed by atoms with E-state index in [4.69, 9.17) is 4.74 Å². The fourth-order valence-electron chi connectivity index (χ4n) is 11.2. The van der Waals surface area contributed by atoms with Crippen LogP contribution >= 0.6 is 0 Å². The average molecular weight is 1180 g/mol. The number of hydrogen-bond donors (Lipinski definition) is 9. The molecule has 2 heterocycles. The lowest BCUT2D eigenvalue weighted by atomic mass is 9.77. The lowest BCUT2D eigenvalue weighted by molar-refractivity contribution is -0.146. The molecule has 3 unspecified atom stereocenters. The number of Topliss-reactive ketones (excluding diaryl/α,β-unsaturated/α-hetero) is 3. The topological polar surface area (TPSA) is 288 Å². The summed E-state index contributed by atoms with van der Waals surface area (Å²) in [5.41, 5.74) is -0.0406. The van der Waals surface area contributed by atoms with E-state index < -0.39 is 136 Å². The molecule has 8 rings (SSSR count). The van der Waals surface area contributed by atoms with Crippen LogP contribution < -0.4 is 42.0 Å². The highest BCUT2D eigenvalue weighted by molar-refractivity contribution is 6.05. The van der Waals surface area contributed by atoms with Gasteiger partial charge in [0.1, 0.15) is 23.8 Å². The summed E-state index contributed by atoms with van der Waals surface area (Å²) >= 11 is 0. The average Bonchev–Trinajstić information content (AvgIpc) is 4.08. The molecule has 5 aromatic carbocycles. The number of benzene rings is 5. The molecule has 0 saturated heterocycles. The molecular formula is C67H83N7O12. The van der Waals surface area contributed by atoms with Crippen LogP contribution in [0.25, 0.3) is 21.5 Å². The van der Waals surface area contributed by atoms with Gasteiger partial charge in [-0.25, -0.2) is 4.79 Å². The first-order valence-electron chi connectivity index (χ1n) is 29.4. The van der Waals surface area contributed by atoms with Gasteiger partial charge in [0.25, 0.3) is 0 Å². The second-order valence-corrected chi connectivity index (χ2v) is 25.1. The quantitative estimate of drug-likeness (QED) is 0.0416. The van der Waals surface area contributed by atoms with E-state index in [0.717, 1.165) is 27.6 Å². The Morgan fingerprint density at radius 2 is 1.12 bits per heavy atom. The minimum absolute atomic E-state index is 0.0160. The van der Waals surface area contributed by atoms with Crippen LogP contribution in [0, 0.1) is 28.6 Å². The zero-order chi connectivity index (χ0) is 62.8. The molecule has 0 spiro atoms. The van der Waals surface area contributed by atoms with E-state index in [2.05, 4.69) is 37.2 Å². The third-order valence-electron chi connectivity index (χ3n) is 16.5. The molecule has 0 radical (unpaired) electrons. The molecule has 3 aliphatic rings. The maximum absolute atomic E-state index is 15.3. The molecule has 1 fully saturated rings. The minimum atomic E-state index is -1.93. The predicted octanol–water partition coefficient (Wildman–Crippen LogP) is 5.82. The van der Waals surface area contributed by atoms with Crippen LogP contribution in [0.4, 0.5) is 0 Å². The largest absolute Gasteiger partial charge is 0.490 e. The van der Waals surface area contributed by atoms with Gasteiger partial charge in [0.15, 0.2) is 17.3 Å². The Morgan fingerprint density at radius 1 is 0.605 bits per heavy atom. The molecule has 0 aromatic heterocycles. The van der Waals surface area contributed by atoms with Gasteiger partial charge in [-0.15, -0.1) is 0 Å². The van der Waals surface area contributed by atoms with Crippen molar-refractivity contribution in [3.8, 4) is 5.75 Å². The highest BCUT2D eigenvalue weighted by Crippen LogP contribution is 2.39. The highest BCUT2D eigenvalue weighted by Gasteiger charge is 2.49. The van der Waals surface area contributed by atoms with Crippen molar-refractivity contribution in [2.24, 2.45) is 28.6 Å². The Hall–Kier alpha value is -8.13. The number of aliphatic carboxylic acids is 2. The number of nitrogens with one attached hydrogen (secondary N) is 7. The van der Waals surface area contributed by atoms with E-state index >= 15 is 19.2 Å². The summed E-state index contributed by atoms with van der Waals surface area (Å²) in [4.78, 5) is 130. The lowest BCUT2D eigenvalue weighted by Gasteiger charge is -2.35. The number of carboxylic acid groups (broad SMARTS) is 2. The van der Waals surface area contributed by atoms with Crippen LogP contribution in [0.2, 0.25) is 0 Å². The number of ketones is 3. The van der Waals surface area contributed by atoms with Crippen LogP contribution in [-0.4, -0.2) is 132 Å². The van der Waals surface area contributed by atoms with Crippen molar-refractivity contribution in [1.29, 1.82) is 0 Å². The van der Waals surface area contributed by atoms with Gasteiger partial charge in [0, 0.05) is 12.3 Å². The minimum Gasteiger partial charge on any atom is -0.490 e. The fourth-order valence-corrected chi connectivity index (χ4v) is 11.2. The van der Waals surface area contributed by atoms with E-state index in [1.165, 1.54) is 6.08 Å². The normalized spacial score (nSPS) is 23.6. The number of ether oxygens (including phenoxy) is 1. The molecule has 4 bridgehead atoms. The van der Waals surface area contributed by atoms with Crippen LogP contribution in [0.1, 0.15) is 91.3 Å². The summed E-state index contributed by atoms with van der Waals surface area (Å²) in [6.07, 6.45) is 0.933. The summed E-state index contributed by atoms with van der Waals surface area (Å²) in [6, 6.07) is 23.3. The van der Waals surface area contributed by atoms with Gasteiger partial charge in [0.05, 0.1) is 48.2 Å². The highest BCUT2D eigenvalue weighted by atomic mass is 16.5. The zero-order valence-corrected chi connectivity index (χ0v) is 50.7. The Kier molecular flexibility index (Phi) is 21.6. The van der Waals surface area contributed by atoms with Crippen molar-refractivity contribution in [3.05, 3.63) is 138 Å². The summed E-state index contributed by atoms with van der Waals surface area (Å²) in [6.45, 7) is 13.9. The molecule has 9 N–H and O–H groups in total. The second kappa shape index (κ2) is 28.4. The van der Waals surface area contributed by atoms with E-state index in [9.17, 15) is 34.2 Å². The maximum Gasteiger partial charge on any atom is 0.326 e. The number of hydrogen-bond acceptors (Lipinski definition) is 13. The Labute approximate surface area is 502 Å². The SMILES string of the molecule is CN[C@@H](C)C(=O)N[C@H](C(=O)C1C/C=C/C(C(=O)O)C(=O)[C@H](Cc2ccc3ccccc3c2)NC(=O)[C@@H]2C[C@@H](CC2C(=O)[C@@H](NC(=O)[C@H](C)NC)C(C)(C)C)Oc2ccc(cc2)C[C@@H](C(=O)O)NC(=O)[C@H](Cc2ccc3ccccc3c2)N1)C(C)(C)C. The third-order valence-corrected chi connectivity index (χ3v) is 16.5. The molecule has 86 heavy (non-hydrogen) atoms. The molecule has 1 aliphatic carbocycles. The predicted molar refractivity (Wildman–Crippen MR) is 328 cm³/mol. The number of carboxylic acids is 2. The first kappa shape index (κ1) is 65.4. The van der Waals surface area contributed by atoms with E-state index in [-0.39, 0.29) is 38.5 Å². The van der Waals surface area contributed by atoms with Crippen LogP contribution in [-0.2, 0) is 62.4 Å². The lowest BCUT2D eigenvalue weighted by Crippen LogP contribution is -2.61. The number of likely N-dealkylation sites (N-methyl/N-ethyl adjacent to an activating group) is 2. The number of carbonyl (C=O) groups excluding carboxylic acids is 7. The first-order chi connectivity index (χ1) is 40.6. The van der Waals surface area contributed by atoms with Crippen molar-refractivity contribution in [3.63, 3.8) is 0 Å². The summed E-state index contributed by atoms with van der Waals surface area (Å²) in [7, 11) is 3.20. The maximum atomic E-state index is 15.3. The van der Waals surface area contributed by atoms with Gasteiger partial charge in [-0.1, -0.05) is 151 Å². The standard InChI is InChI=1S/C67H83N7O12/c1-37(68-9)60(78)73-58(66(3,4)5)56(76)49-35-47-36-50(49)62(80)71-52(33-40-22-26-42-16-11-13-18-44(42)30-40)55(75)48(64(82)83)20-15-21-51(57(77)59(67(6,7)8)74-61(79)38(2)69-10)70-53(34-41-23-27-43-17-12-14-19-45(43)31-41)63(81)72-54(65(84)85)32-39-24-28-46(86-47)29-25-39/h11-20,22-31,37-38,47-54,58-59,68-70H,21,32-36H2,1-10H3,(H,71,80)(H,72,81)(H,73,78)(H,74,79)(H,82,83)(H,84,85)/b20-15+/t37-,38-,47+,48?,49?,50+,51?,52-,53-,54-,58+,59+/m0/s1. The molecule has 12 atom stereocenters. The second-order valence-electron chi connectivity index (χ2n) is 25.1. The Balaban J connectivity index is 1.36. The fraction of sp³-hybridized carbons (Fsp3) is 0.448. The van der Waals surface area contributed by atoms with Crippen LogP contribution in [0.5, 0.6) is 5.75 Å². The van der Waals surface area contributed by atoms with Crippen molar-refractivity contribution in [2.75, 3.05) is 14.1 Å². The monoisotopic (exact) mass is 1180 g/mol. The van der Waals surface area contributed by atoms with Crippen molar-refractivity contribution in [2.45, 2.75) is 148 Å². The van der Waals surface area contributed by atoms with Crippen molar-refractivity contribution < 1.29 is 58.1 Å². The Bertz CT molecular complexity index is 3350. The molecule has 2 aliphatic heterocycles. The molecule has 4 amide bonds. The van der Waals surface area contributed by atoms with E-state index in [0.29, 0.717) is 22.4 Å². The zero-order valence-electron chi connectivity index (χ0n) is 50.7. The molecule has 1 saturated carbocycles. The van der Waals surface area contributed by atoms with Crippen LogP contribution in [0.15, 0.2) is 121 Å². The van der Waals surface area contributed by atoms with Gasteiger partial charge in [-0.2, -0.15) is 0 Å². The molecule has 5 aromatic rings. The first-order valence-corrected chi connectivity index (χ1v) is 29.4. The van der Waals surface area contributed by atoms with Crippen molar-refractivity contribution >= 4 is 74.5 Å². The number of carbonyl (C=O) groups is 9. The number of fused-ring (bicyclic) bond motifs is 17. The summed E-state index contributed by atoms with van der Waals surface area (Å²) < 4.78 is 6.51. The Morgan fingerprint density at radius 3 is 1.62 bits per heavy atom. The number of amides is 4. The third kappa shape index (κ3) is 16.6. The number of rotatable bonds is 16. The molecule has 19 nitrogen and oxygen atoms in total. The van der Waals surface area contributed by atoms with Gasteiger partial charge in [0.2, 0.25) is 23.6 Å². The van der Waals surface area contributed by atoms with Crippen LogP contribution in [0.3, 0.4) is 0 Å². The van der Waals surface area contributed by atoms with E-state index in [1.54, 1.807) is 99.8 Å². The van der Waals surface area contributed by atoms with Gasteiger partial charge in [-0.3, -0.25) is 43.7 Å².